The van der Waals surface area contributed by atoms with Crippen LogP contribution in [-0.2, 0) is 85.7 Å². The standard InChI is InChI=1S/C13H21NO7.C9H19NO5.C9H18O5.C4H5NO3.C2H6O.H4N2/c1-7-10(17-2)11(18-3)12(19-4)13(20-7)21-14-8(15)5-6-9(14)16;1-5-6(11-2)7(12-3)8(13-4)9(14-5)15-10;1-5-6(11-2)7(12-3)8(13-4)9(10)14-5;6-3-1-2-4(7)5(3)8;1-2-3;1-2/h7,10-13H,5-6H2,1-4H3;5-9H,10H2,1-4H3;5-10H,1-4H3;8H,1-2H2;3H,2H2,1H3;1-2H2/t7-,10-,11+,12+,13-;5-,6-,7+,8+,9-;5-,6-,7+,8+,9+;;;/m000.../s1. The largest absolute Gasteiger partial charge is 0.397 e. The van der Waals surface area contributed by atoms with Gasteiger partial charge in [0, 0.05) is 96.3 Å². The Hall–Kier alpha value is -2.52. The lowest BCUT2D eigenvalue weighted by Gasteiger charge is -2.43. The van der Waals surface area contributed by atoms with Crippen molar-refractivity contribution in [3.05, 3.63) is 0 Å². The number of aliphatic hydroxyl groups excluding tert-OH is 2. The van der Waals surface area contributed by atoms with Crippen LogP contribution in [0.25, 0.3) is 0 Å². The molecule has 0 saturated carbocycles. The van der Waals surface area contributed by atoms with Gasteiger partial charge in [-0.3, -0.25) is 40.9 Å². The molecule has 0 spiro atoms. The summed E-state index contributed by atoms with van der Waals surface area (Å²) in [6, 6.07) is 0. The minimum atomic E-state index is -0.966. The number of imide groups is 2. The number of ether oxygens (including phenoxy) is 12. The maximum Gasteiger partial charge on any atom is 0.254 e. The Morgan fingerprint density at radius 1 is 0.524 bits per heavy atom. The molecule has 15 atom stereocenters. The van der Waals surface area contributed by atoms with Crippen molar-refractivity contribution in [2.75, 3.05) is 70.6 Å². The minimum Gasteiger partial charge on any atom is -0.397 e. The summed E-state index contributed by atoms with van der Waals surface area (Å²) < 4.78 is 64.1. The molecule has 5 aliphatic heterocycles. The lowest BCUT2D eigenvalue weighted by atomic mass is 9.99. The van der Waals surface area contributed by atoms with Crippen molar-refractivity contribution in [1.82, 2.24) is 10.1 Å². The normalized spacial score (nSPS) is 35.1. The van der Waals surface area contributed by atoms with Gasteiger partial charge in [0.2, 0.25) is 12.6 Å². The number of nitrogens with two attached hydrogens (primary N) is 3. The smallest absolute Gasteiger partial charge is 0.254 e. The van der Waals surface area contributed by atoms with Crippen LogP contribution in [0.1, 0.15) is 53.4 Å². The van der Waals surface area contributed by atoms with Crippen molar-refractivity contribution in [1.29, 1.82) is 0 Å². The highest BCUT2D eigenvalue weighted by Gasteiger charge is 2.49. The monoisotopic (exact) mass is 923 g/mol. The van der Waals surface area contributed by atoms with Gasteiger partial charge in [-0.15, -0.1) is 0 Å². The van der Waals surface area contributed by atoms with E-state index in [0.717, 1.165) is 5.06 Å². The molecule has 9 N–H and O–H groups in total. The van der Waals surface area contributed by atoms with E-state index in [1.807, 2.05) is 13.8 Å². The predicted molar refractivity (Wildman–Crippen MR) is 214 cm³/mol. The van der Waals surface area contributed by atoms with Gasteiger partial charge in [-0.25, -0.2) is 10.7 Å². The second-order valence-electron chi connectivity index (χ2n) is 13.7. The number of hydrogen-bond acceptors (Lipinski definition) is 24. The lowest BCUT2D eigenvalue weighted by Crippen LogP contribution is -2.60. The van der Waals surface area contributed by atoms with Crippen molar-refractivity contribution in [3.8, 4) is 0 Å². The Kier molecular flexibility index (Phi) is 30.9. The molecule has 5 heterocycles. The number of rotatable bonds is 12. The van der Waals surface area contributed by atoms with Crippen LogP contribution < -0.4 is 17.6 Å². The zero-order chi connectivity index (χ0) is 48.6. The topological polar surface area (TPSA) is 343 Å². The van der Waals surface area contributed by atoms with E-state index in [1.165, 1.54) is 21.3 Å². The quantitative estimate of drug-likeness (QED) is 0.0516. The average Bonchev–Trinajstić information content (AvgIpc) is 3.76. The fourth-order valence-electron chi connectivity index (χ4n) is 7.00. The Morgan fingerprint density at radius 3 is 1.11 bits per heavy atom. The molecule has 26 heteroatoms. The number of carbonyl (C=O) groups excluding carboxylic acids is 4. The van der Waals surface area contributed by atoms with Gasteiger partial charge in [0.25, 0.3) is 23.6 Å². The first-order chi connectivity index (χ1) is 30.0. The van der Waals surface area contributed by atoms with Crippen LogP contribution in [0.3, 0.4) is 0 Å². The number of amides is 4. The minimum absolute atomic E-state index is 0.146. The number of methoxy groups -OCH3 is 9. The molecule has 0 radical (unpaired) electrons. The SMILES string of the molecule is CCO.CO[C@@H]1[C@@H](OC)[C@H](C)O[C@@H](O)[C@@H]1OC.CO[C@@H]1[C@@H](OC)[C@H](C)O[C@@H](ON)[C@@H]1OC.CO[C@@H]1[C@@H](OC)[C@H](C)O[C@@H](ON2C(=O)CCC2=O)[C@@H]1OC.NN.O=C1CCC(=O)N1O. The zero-order valence-corrected chi connectivity index (χ0v) is 38.5. The molecule has 0 aromatic carbocycles. The molecule has 0 unspecified atom stereocenters. The molecule has 0 aromatic rings. The Bertz CT molecular complexity index is 1250. The highest BCUT2D eigenvalue weighted by Crippen LogP contribution is 2.30. The summed E-state index contributed by atoms with van der Waals surface area (Å²) in [5.41, 5.74) is 0. The Labute approximate surface area is 368 Å². The van der Waals surface area contributed by atoms with Crippen LogP contribution >= 0.6 is 0 Å². The maximum absolute atomic E-state index is 11.6. The second-order valence-corrected chi connectivity index (χ2v) is 13.7. The number of aliphatic hydroxyl groups is 2. The molecule has 26 nitrogen and oxygen atoms in total. The lowest BCUT2D eigenvalue weighted by molar-refractivity contribution is -0.346. The summed E-state index contributed by atoms with van der Waals surface area (Å²) in [6.07, 6.45) is -6.01. The van der Waals surface area contributed by atoms with Gasteiger partial charge in [-0.2, -0.15) is 10.1 Å². The summed E-state index contributed by atoms with van der Waals surface area (Å²) in [4.78, 5) is 53.9. The molecule has 0 aromatic heterocycles. The summed E-state index contributed by atoms with van der Waals surface area (Å²) in [6.45, 7) is 7.43. The van der Waals surface area contributed by atoms with E-state index in [4.69, 9.17) is 82.7 Å². The molecular formula is C37H73N5O21. The van der Waals surface area contributed by atoms with Crippen molar-refractivity contribution in [3.63, 3.8) is 0 Å². The first-order valence-corrected chi connectivity index (χ1v) is 19.8. The van der Waals surface area contributed by atoms with Gasteiger partial charge in [0.15, 0.2) is 6.29 Å². The molecule has 4 amide bonds. The summed E-state index contributed by atoms with van der Waals surface area (Å²) in [7, 11) is 14.0. The molecule has 0 aliphatic carbocycles. The average molecular weight is 924 g/mol. The molecule has 5 fully saturated rings. The van der Waals surface area contributed by atoms with Crippen molar-refractivity contribution < 1.29 is 101 Å². The van der Waals surface area contributed by atoms with Crippen LogP contribution in [0.15, 0.2) is 0 Å². The van der Waals surface area contributed by atoms with E-state index in [2.05, 4.69) is 11.7 Å². The first kappa shape index (κ1) is 60.5. The number of hydroxylamine groups is 4. The van der Waals surface area contributed by atoms with Crippen LogP contribution in [-0.4, -0.2) is 212 Å². The van der Waals surface area contributed by atoms with E-state index in [-0.39, 0.29) is 98.0 Å². The highest BCUT2D eigenvalue weighted by atomic mass is 16.8. The number of hydrogen-bond donors (Lipinski definition) is 6. The van der Waals surface area contributed by atoms with Crippen LogP contribution in [0.5, 0.6) is 0 Å². The van der Waals surface area contributed by atoms with Gasteiger partial charge in [-0.1, -0.05) is 0 Å². The molecule has 5 aliphatic rings. The van der Waals surface area contributed by atoms with Crippen LogP contribution in [0.4, 0.5) is 0 Å². The van der Waals surface area contributed by atoms with Crippen LogP contribution in [0, 0.1) is 0 Å². The second kappa shape index (κ2) is 32.2. The van der Waals surface area contributed by atoms with E-state index in [1.54, 1.807) is 56.5 Å². The molecule has 63 heavy (non-hydrogen) atoms. The zero-order valence-electron chi connectivity index (χ0n) is 38.5. The van der Waals surface area contributed by atoms with E-state index in [9.17, 15) is 24.3 Å². The van der Waals surface area contributed by atoms with Gasteiger partial charge in [0.1, 0.15) is 54.9 Å². The number of hydrazine groups is 1. The van der Waals surface area contributed by atoms with Gasteiger partial charge in [-0.05, 0) is 27.7 Å². The molecule has 0 bridgehead atoms. The van der Waals surface area contributed by atoms with Gasteiger partial charge in [0.05, 0.1) is 18.3 Å². The molecule has 5 rings (SSSR count). The van der Waals surface area contributed by atoms with Gasteiger partial charge >= 0.3 is 0 Å². The maximum atomic E-state index is 11.6. The Morgan fingerprint density at radius 2 is 0.810 bits per heavy atom. The molecular weight excluding hydrogens is 850 g/mol. The highest BCUT2D eigenvalue weighted by molar-refractivity contribution is 6.01. The van der Waals surface area contributed by atoms with Crippen molar-refractivity contribution >= 4 is 23.6 Å². The third-order valence-corrected chi connectivity index (χ3v) is 10.0. The third-order valence-electron chi connectivity index (χ3n) is 10.0. The summed E-state index contributed by atoms with van der Waals surface area (Å²) >= 11 is 0. The Balaban J connectivity index is 0.000000817. The van der Waals surface area contributed by atoms with E-state index >= 15 is 0 Å². The third kappa shape index (κ3) is 17.0. The van der Waals surface area contributed by atoms with Gasteiger partial charge < -0.3 is 67.1 Å². The summed E-state index contributed by atoms with van der Waals surface area (Å²) in [5.74, 6) is 11.4. The van der Waals surface area contributed by atoms with E-state index in [0.29, 0.717) is 0 Å². The van der Waals surface area contributed by atoms with Crippen molar-refractivity contribution in [2.24, 2.45) is 17.6 Å². The van der Waals surface area contributed by atoms with Crippen molar-refractivity contribution in [2.45, 2.75) is 145 Å². The fraction of sp³-hybridized carbons (Fsp3) is 0.892. The number of nitrogens with zero attached hydrogens (tertiary/aromatic N) is 2. The summed E-state index contributed by atoms with van der Waals surface area (Å²) in [5, 5.41) is 26.5. The number of carbonyl (C=O) groups is 4. The first-order valence-electron chi connectivity index (χ1n) is 19.8. The predicted octanol–water partition coefficient (Wildman–Crippen LogP) is -2.37. The van der Waals surface area contributed by atoms with E-state index < -0.39 is 55.1 Å². The van der Waals surface area contributed by atoms with Crippen LogP contribution in [0.2, 0.25) is 0 Å². The molecule has 5 saturated heterocycles. The molecule has 372 valence electrons. The fourth-order valence-corrected chi connectivity index (χ4v) is 7.00.